The van der Waals surface area contributed by atoms with Crippen molar-refractivity contribution in [2.24, 2.45) is 0 Å². The monoisotopic (exact) mass is 436 g/mol. The molecule has 0 atom stereocenters. The first-order valence-corrected chi connectivity index (χ1v) is 11.3. The van der Waals surface area contributed by atoms with Crippen molar-refractivity contribution >= 4 is 32.6 Å². The summed E-state index contributed by atoms with van der Waals surface area (Å²) in [5.74, 6) is -0.305. The molecule has 0 fully saturated rings. The van der Waals surface area contributed by atoms with Gasteiger partial charge in [0.2, 0.25) is 0 Å². The lowest BCUT2D eigenvalue weighted by molar-refractivity contribution is 0.554. The fraction of sp³-hybridized carbons (Fsp3) is 0.300. The van der Waals surface area contributed by atoms with Crippen LogP contribution in [0, 0.1) is 13.8 Å². The Bertz CT molecular complexity index is 1170. The fourth-order valence-corrected chi connectivity index (χ4v) is 3.84. The fourth-order valence-electron chi connectivity index (χ4n) is 3.20. The number of rotatable bonds is 7. The van der Waals surface area contributed by atoms with Crippen LogP contribution in [0.1, 0.15) is 22.6 Å². The molecule has 0 aromatic carbocycles. The van der Waals surface area contributed by atoms with Crippen LogP contribution < -0.4 is 4.84 Å². The SMILES string of the molecule is Cc1ccc2c(n1)c(Cc1ccc(S(C)(=O)=O)cn1)c(C)n2C/C(F)=C/CNCl. The van der Waals surface area contributed by atoms with Gasteiger partial charge in [0.25, 0.3) is 0 Å². The number of aryl methyl sites for hydroxylation is 1. The van der Waals surface area contributed by atoms with E-state index in [0.29, 0.717) is 12.1 Å². The maximum Gasteiger partial charge on any atom is 0.177 e. The van der Waals surface area contributed by atoms with Gasteiger partial charge in [-0.05, 0) is 56.0 Å². The van der Waals surface area contributed by atoms with Crippen LogP contribution in [-0.2, 0) is 22.8 Å². The van der Waals surface area contributed by atoms with Crippen LogP contribution in [0.25, 0.3) is 11.0 Å². The van der Waals surface area contributed by atoms with E-state index in [1.54, 1.807) is 12.1 Å². The first-order valence-electron chi connectivity index (χ1n) is 8.99. The second-order valence-corrected chi connectivity index (χ2v) is 9.18. The molecule has 9 heteroatoms. The van der Waals surface area contributed by atoms with E-state index in [0.717, 1.165) is 34.2 Å². The van der Waals surface area contributed by atoms with Gasteiger partial charge in [0.15, 0.2) is 9.84 Å². The molecule has 0 saturated heterocycles. The number of nitrogens with zero attached hydrogens (tertiary/aromatic N) is 3. The molecule has 0 saturated carbocycles. The van der Waals surface area contributed by atoms with Gasteiger partial charge in [-0.3, -0.25) is 9.97 Å². The highest BCUT2D eigenvalue weighted by molar-refractivity contribution is 7.90. The molecule has 0 aliphatic heterocycles. The van der Waals surface area contributed by atoms with Gasteiger partial charge < -0.3 is 4.57 Å². The molecule has 3 rings (SSSR count). The molecule has 29 heavy (non-hydrogen) atoms. The third-order valence-electron chi connectivity index (χ3n) is 4.72. The third-order valence-corrected chi connectivity index (χ3v) is 5.98. The molecule has 0 unspecified atom stereocenters. The summed E-state index contributed by atoms with van der Waals surface area (Å²) in [4.78, 5) is 11.5. The first-order chi connectivity index (χ1) is 13.7. The number of aromatic nitrogens is 3. The van der Waals surface area contributed by atoms with Gasteiger partial charge in [-0.2, -0.15) is 0 Å². The molecule has 3 heterocycles. The van der Waals surface area contributed by atoms with Crippen LogP contribution in [0.4, 0.5) is 4.39 Å². The number of allylic oxidation sites excluding steroid dienone is 1. The average molecular weight is 437 g/mol. The lowest BCUT2D eigenvalue weighted by atomic mass is 10.1. The third kappa shape index (κ3) is 4.83. The summed E-state index contributed by atoms with van der Waals surface area (Å²) in [6.45, 7) is 4.13. The summed E-state index contributed by atoms with van der Waals surface area (Å²) in [5, 5.41) is 0. The van der Waals surface area contributed by atoms with Crippen molar-refractivity contribution in [3.05, 3.63) is 65.0 Å². The Hall–Kier alpha value is -2.29. The minimum Gasteiger partial charge on any atom is -0.336 e. The lowest BCUT2D eigenvalue weighted by Crippen LogP contribution is -2.04. The van der Waals surface area contributed by atoms with E-state index in [1.165, 1.54) is 12.3 Å². The Morgan fingerprint density at radius 1 is 1.28 bits per heavy atom. The summed E-state index contributed by atoms with van der Waals surface area (Å²) in [6, 6.07) is 7.07. The molecule has 6 nitrogen and oxygen atoms in total. The van der Waals surface area contributed by atoms with Crippen molar-refractivity contribution in [1.82, 2.24) is 19.4 Å². The number of pyridine rings is 2. The summed E-state index contributed by atoms with van der Waals surface area (Å²) < 4.78 is 39.5. The smallest absolute Gasteiger partial charge is 0.177 e. The number of hydrogen-bond acceptors (Lipinski definition) is 5. The molecule has 154 valence electrons. The summed E-state index contributed by atoms with van der Waals surface area (Å²) in [5.41, 5.74) is 5.02. The Kier molecular flexibility index (Phi) is 6.36. The molecular weight excluding hydrogens is 415 g/mol. The number of nitrogens with one attached hydrogen (secondary N) is 1. The number of fused-ring (bicyclic) bond motifs is 1. The Labute approximate surface area is 174 Å². The molecule has 0 bridgehead atoms. The molecule has 0 spiro atoms. The number of sulfone groups is 1. The predicted molar refractivity (Wildman–Crippen MR) is 112 cm³/mol. The van der Waals surface area contributed by atoms with E-state index < -0.39 is 9.84 Å². The second-order valence-electron chi connectivity index (χ2n) is 6.89. The van der Waals surface area contributed by atoms with E-state index in [4.69, 9.17) is 11.8 Å². The quantitative estimate of drug-likeness (QED) is 0.572. The van der Waals surface area contributed by atoms with Crippen molar-refractivity contribution in [3.63, 3.8) is 0 Å². The van der Waals surface area contributed by atoms with Crippen LogP contribution in [0.3, 0.4) is 0 Å². The molecule has 0 amide bonds. The Morgan fingerprint density at radius 2 is 2.03 bits per heavy atom. The zero-order valence-corrected chi connectivity index (χ0v) is 18.0. The lowest BCUT2D eigenvalue weighted by Gasteiger charge is -2.07. The highest BCUT2D eigenvalue weighted by Crippen LogP contribution is 2.28. The van der Waals surface area contributed by atoms with Gasteiger partial charge in [-0.15, -0.1) is 0 Å². The maximum atomic E-state index is 14.3. The van der Waals surface area contributed by atoms with Gasteiger partial charge >= 0.3 is 0 Å². The Morgan fingerprint density at radius 3 is 2.66 bits per heavy atom. The molecule has 0 aliphatic carbocycles. The van der Waals surface area contributed by atoms with Gasteiger partial charge in [0.05, 0.1) is 22.5 Å². The van der Waals surface area contributed by atoms with Crippen molar-refractivity contribution in [2.75, 3.05) is 12.8 Å². The van der Waals surface area contributed by atoms with Crippen LogP contribution in [0.2, 0.25) is 0 Å². The van der Waals surface area contributed by atoms with Gasteiger partial charge in [0.1, 0.15) is 5.83 Å². The van der Waals surface area contributed by atoms with E-state index in [2.05, 4.69) is 14.8 Å². The minimum absolute atomic E-state index is 0.0755. The molecule has 3 aromatic rings. The van der Waals surface area contributed by atoms with Gasteiger partial charge in [0, 0.05) is 48.1 Å². The van der Waals surface area contributed by atoms with Crippen LogP contribution >= 0.6 is 11.8 Å². The van der Waals surface area contributed by atoms with Crippen molar-refractivity contribution < 1.29 is 12.8 Å². The molecule has 1 N–H and O–H groups in total. The Balaban J connectivity index is 2.03. The van der Waals surface area contributed by atoms with Crippen molar-refractivity contribution in [2.45, 2.75) is 31.7 Å². The second kappa shape index (κ2) is 8.61. The van der Waals surface area contributed by atoms with E-state index in [1.807, 2.05) is 30.5 Å². The molecule has 3 aromatic heterocycles. The zero-order valence-electron chi connectivity index (χ0n) is 16.4. The van der Waals surface area contributed by atoms with Crippen LogP contribution in [-0.4, -0.2) is 35.8 Å². The molecule has 0 radical (unpaired) electrons. The van der Waals surface area contributed by atoms with Crippen LogP contribution in [0.5, 0.6) is 0 Å². The maximum absolute atomic E-state index is 14.3. The normalized spacial score (nSPS) is 12.7. The largest absolute Gasteiger partial charge is 0.336 e. The van der Waals surface area contributed by atoms with E-state index in [-0.39, 0.29) is 23.8 Å². The van der Waals surface area contributed by atoms with Gasteiger partial charge in [-0.1, -0.05) is 0 Å². The van der Waals surface area contributed by atoms with E-state index in [9.17, 15) is 12.8 Å². The van der Waals surface area contributed by atoms with Gasteiger partial charge in [-0.25, -0.2) is 17.6 Å². The average Bonchev–Trinajstić information content (AvgIpc) is 2.91. The van der Waals surface area contributed by atoms with Crippen LogP contribution in [0.15, 0.2) is 47.3 Å². The molecular formula is C20H22ClFN4O2S. The molecule has 0 aliphatic rings. The number of hydrogen-bond donors (Lipinski definition) is 1. The first kappa shape index (κ1) is 21.4. The standard InChI is InChI=1S/C20H22ClFN4O2S/c1-13-4-7-19-20(25-13)18(14(2)26(19)12-15(22)8-9-24-21)10-16-5-6-17(11-23-16)29(3,27)28/h4-8,11,24H,9-10,12H2,1-3H3/b15-8-. The summed E-state index contributed by atoms with van der Waals surface area (Å²) >= 11 is 5.40. The van der Waals surface area contributed by atoms with E-state index >= 15 is 0 Å². The summed E-state index contributed by atoms with van der Waals surface area (Å²) in [7, 11) is -3.30. The zero-order chi connectivity index (χ0) is 21.2. The van der Waals surface area contributed by atoms with Crippen molar-refractivity contribution in [3.8, 4) is 0 Å². The topological polar surface area (TPSA) is 76.9 Å². The predicted octanol–water partition coefficient (Wildman–Crippen LogP) is 3.64. The minimum atomic E-state index is -3.30. The summed E-state index contributed by atoms with van der Waals surface area (Å²) in [6.07, 6.45) is 4.37. The highest BCUT2D eigenvalue weighted by Gasteiger charge is 2.18. The number of halogens is 2. The highest BCUT2D eigenvalue weighted by atomic mass is 35.5. The van der Waals surface area contributed by atoms with Crippen molar-refractivity contribution in [1.29, 1.82) is 0 Å².